The van der Waals surface area contributed by atoms with Gasteiger partial charge >= 0.3 is 11.9 Å². The van der Waals surface area contributed by atoms with Gasteiger partial charge in [-0.05, 0) is 50.8 Å². The molecule has 39 heavy (non-hydrogen) atoms. The zero-order chi connectivity index (χ0) is 29.3. The highest BCUT2D eigenvalue weighted by Crippen LogP contribution is 2.40. The maximum absolute atomic E-state index is 13.7. The Labute approximate surface area is 238 Å². The van der Waals surface area contributed by atoms with Crippen LogP contribution < -0.4 is 0 Å². The van der Waals surface area contributed by atoms with Crippen molar-refractivity contribution in [2.24, 2.45) is 0 Å². The summed E-state index contributed by atoms with van der Waals surface area (Å²) >= 11 is 0. The molecule has 1 fully saturated rings. The molecule has 0 saturated carbocycles. The van der Waals surface area contributed by atoms with E-state index in [0.29, 0.717) is 32.7 Å². The van der Waals surface area contributed by atoms with Gasteiger partial charge in [-0.2, -0.15) is 4.31 Å². The van der Waals surface area contributed by atoms with Gasteiger partial charge in [0, 0.05) is 21.6 Å². The number of rotatable bonds is 16. The Hall–Kier alpha value is -1.85. The first-order chi connectivity index (χ1) is 18.2. The van der Waals surface area contributed by atoms with E-state index in [9.17, 15) is 13.8 Å². The lowest BCUT2D eigenvalue weighted by molar-refractivity contribution is -0.144. The van der Waals surface area contributed by atoms with Crippen LogP contribution in [0.25, 0.3) is 0 Å². The molecule has 0 spiro atoms. The van der Waals surface area contributed by atoms with E-state index in [2.05, 4.69) is 26.2 Å². The Morgan fingerprint density at radius 1 is 1.15 bits per heavy atom. The molecule has 0 aliphatic carbocycles. The molecule has 1 aliphatic heterocycles. The number of esters is 2. The first-order valence-electron chi connectivity index (χ1n) is 13.6. The highest BCUT2D eigenvalue weighted by molar-refractivity contribution is 7.84. The minimum atomic E-state index is -1.34. The van der Waals surface area contributed by atoms with E-state index >= 15 is 0 Å². The molecule has 0 aromatic heterocycles. The van der Waals surface area contributed by atoms with Gasteiger partial charge in [0.15, 0.2) is 0 Å². The summed E-state index contributed by atoms with van der Waals surface area (Å²) in [5, 5.41) is 0. The molecule has 2 atom stereocenters. The van der Waals surface area contributed by atoms with E-state index in [0.717, 1.165) is 17.2 Å². The Morgan fingerprint density at radius 2 is 1.79 bits per heavy atom. The van der Waals surface area contributed by atoms with E-state index in [4.69, 9.17) is 18.9 Å². The van der Waals surface area contributed by atoms with Crippen LogP contribution in [0.1, 0.15) is 57.6 Å². The zero-order valence-corrected chi connectivity index (χ0v) is 26.6. The largest absolute Gasteiger partial charge is 0.466 e. The van der Waals surface area contributed by atoms with Crippen molar-refractivity contribution in [3.05, 3.63) is 48.0 Å². The van der Waals surface area contributed by atoms with Crippen LogP contribution in [0.3, 0.4) is 0 Å². The maximum atomic E-state index is 13.7. The summed E-state index contributed by atoms with van der Waals surface area (Å²) < 4.78 is 37.4. The quantitative estimate of drug-likeness (QED) is 0.0877. The second kappa shape index (κ2) is 14.7. The first kappa shape index (κ1) is 33.4. The summed E-state index contributed by atoms with van der Waals surface area (Å²) in [5.74, 6) is -1.20. The van der Waals surface area contributed by atoms with Crippen molar-refractivity contribution in [1.29, 1.82) is 0 Å². The average Bonchev–Trinajstić information content (AvgIpc) is 2.82. The number of ether oxygens (including phenoxy) is 4. The Bertz CT molecular complexity index is 981. The summed E-state index contributed by atoms with van der Waals surface area (Å²) in [5.41, 5.74) is 1.17. The normalized spacial score (nSPS) is 16.7. The minimum Gasteiger partial charge on any atom is -0.466 e. The van der Waals surface area contributed by atoms with Gasteiger partial charge in [-0.1, -0.05) is 56.6 Å². The van der Waals surface area contributed by atoms with Crippen LogP contribution >= 0.6 is 0 Å². The highest BCUT2D eigenvalue weighted by atomic mass is 32.2. The second-order valence-corrected chi connectivity index (χ2v) is 20.0. The molecule has 0 N–H and O–H groups in total. The molecule has 1 heterocycles. The Kier molecular flexibility index (Phi) is 12.6. The summed E-state index contributed by atoms with van der Waals surface area (Å²) in [6.07, 6.45) is 2.54. The predicted octanol–water partition coefficient (Wildman–Crippen LogP) is 5.14. The number of carbonyl (C=O) groups excluding carboxylic acids is 2. The zero-order valence-electron chi connectivity index (χ0n) is 24.7. The van der Waals surface area contributed by atoms with Crippen LogP contribution in [0, 0.1) is 0 Å². The molecule has 2 rings (SSSR count). The van der Waals surface area contributed by atoms with Crippen molar-refractivity contribution >= 4 is 31.0 Å². The smallest absolute Gasteiger partial charge is 0.313 e. The van der Waals surface area contributed by atoms with Gasteiger partial charge in [0.2, 0.25) is 0 Å². The summed E-state index contributed by atoms with van der Waals surface area (Å²) in [4.78, 5) is 24.0. The molecule has 220 valence electrons. The fourth-order valence-electron chi connectivity index (χ4n) is 4.13. The van der Waals surface area contributed by atoms with E-state index in [1.807, 2.05) is 49.3 Å². The first-order valence-corrected chi connectivity index (χ1v) is 18.4. The van der Waals surface area contributed by atoms with Gasteiger partial charge in [-0.15, -0.1) is 0 Å². The summed E-state index contributed by atoms with van der Waals surface area (Å²) in [6.45, 7) is 19.8. The fraction of sp³-hybridized carbons (Fsp3) is 0.655. The topological polar surface area (TPSA) is 91.4 Å². The average molecular weight is 582 g/mol. The minimum absolute atomic E-state index is 0.128. The van der Waals surface area contributed by atoms with E-state index in [1.165, 1.54) is 13.0 Å². The van der Waals surface area contributed by atoms with Gasteiger partial charge in [-0.3, -0.25) is 9.59 Å². The van der Waals surface area contributed by atoms with Crippen LogP contribution in [-0.4, -0.2) is 73.0 Å². The second-order valence-electron chi connectivity index (χ2n) is 12.2. The van der Waals surface area contributed by atoms with E-state index in [-0.39, 0.29) is 31.9 Å². The molecule has 2 unspecified atom stereocenters. The molecule has 1 aromatic rings. The van der Waals surface area contributed by atoms with Crippen LogP contribution in [0.15, 0.2) is 36.9 Å². The molecular formula is C29H47NO7SSi. The third-order valence-corrected chi connectivity index (χ3v) is 10.1. The standard InChI is InChI=1S/C29H47NO7SSi/c1-9-16-37-27(32)26(11-10-17-36-23(2)31)24-12-14-25(15-13-24)29(20-35-21-29)30(38(33)28(3,4)5)22-34-18-19-39(6,7)8/h9,12-15,26H,1,10-11,16-22H2,2-8H3. The molecule has 0 bridgehead atoms. The van der Waals surface area contributed by atoms with E-state index in [1.54, 1.807) is 0 Å². The van der Waals surface area contributed by atoms with Crippen LogP contribution in [0.4, 0.5) is 0 Å². The van der Waals surface area contributed by atoms with E-state index < -0.39 is 35.3 Å². The van der Waals surface area contributed by atoms with Crippen LogP contribution in [-0.2, 0) is 45.1 Å². The van der Waals surface area contributed by atoms with Crippen LogP contribution in [0.5, 0.6) is 0 Å². The van der Waals surface area contributed by atoms with Gasteiger partial charge in [0.05, 0.1) is 30.5 Å². The lowest BCUT2D eigenvalue weighted by Gasteiger charge is -2.50. The van der Waals surface area contributed by atoms with Crippen molar-refractivity contribution in [1.82, 2.24) is 4.31 Å². The number of hydrogen-bond acceptors (Lipinski definition) is 7. The molecule has 0 amide bonds. The van der Waals surface area contributed by atoms with Gasteiger partial charge in [0.1, 0.15) is 29.9 Å². The number of hydrogen-bond donors (Lipinski definition) is 0. The predicted molar refractivity (Wildman–Crippen MR) is 157 cm³/mol. The van der Waals surface area contributed by atoms with Gasteiger partial charge < -0.3 is 18.9 Å². The monoisotopic (exact) mass is 581 g/mol. The lowest BCUT2D eigenvalue weighted by Crippen LogP contribution is -2.62. The molecule has 0 radical (unpaired) electrons. The summed E-state index contributed by atoms with van der Waals surface area (Å²) in [6, 6.07) is 8.83. The third kappa shape index (κ3) is 9.93. The number of nitrogens with zero attached hydrogens (tertiary/aromatic N) is 1. The fourth-order valence-corrected chi connectivity index (χ4v) is 6.24. The molecular weight excluding hydrogens is 534 g/mol. The Morgan fingerprint density at radius 3 is 2.28 bits per heavy atom. The van der Waals surface area contributed by atoms with Gasteiger partial charge in [-0.25, -0.2) is 4.21 Å². The van der Waals surface area contributed by atoms with Gasteiger partial charge in [0.25, 0.3) is 0 Å². The summed E-state index contributed by atoms with van der Waals surface area (Å²) in [7, 11) is -2.60. The molecule has 10 heteroatoms. The van der Waals surface area contributed by atoms with Crippen molar-refractivity contribution in [3.63, 3.8) is 0 Å². The number of carbonyl (C=O) groups is 2. The molecule has 1 aromatic carbocycles. The SMILES string of the molecule is C=CCOC(=O)C(CCCOC(C)=O)c1ccc(C2(N(COCC[Si](C)(C)C)S(=O)C(C)(C)C)COC2)cc1. The maximum Gasteiger partial charge on any atom is 0.313 e. The Balaban J connectivity index is 2.30. The van der Waals surface area contributed by atoms with Crippen molar-refractivity contribution in [2.75, 3.05) is 39.8 Å². The molecule has 1 saturated heterocycles. The molecule has 8 nitrogen and oxygen atoms in total. The number of benzene rings is 1. The van der Waals surface area contributed by atoms with Crippen molar-refractivity contribution in [2.45, 2.75) is 82.4 Å². The van der Waals surface area contributed by atoms with Crippen molar-refractivity contribution in [3.8, 4) is 0 Å². The third-order valence-electron chi connectivity index (χ3n) is 6.51. The van der Waals surface area contributed by atoms with Crippen molar-refractivity contribution < 1.29 is 32.7 Å². The molecule has 1 aliphatic rings. The lowest BCUT2D eigenvalue weighted by atomic mass is 9.85. The highest BCUT2D eigenvalue weighted by Gasteiger charge is 2.50. The van der Waals surface area contributed by atoms with Crippen LogP contribution in [0.2, 0.25) is 25.7 Å².